The number of benzene rings is 1. The molecule has 20 heavy (non-hydrogen) atoms. The molecule has 0 radical (unpaired) electrons. The van der Waals surface area contributed by atoms with Gasteiger partial charge in [-0.3, -0.25) is 4.98 Å². The van der Waals surface area contributed by atoms with Crippen LogP contribution in [0, 0.1) is 20.8 Å². The molecule has 1 aromatic carbocycles. The van der Waals surface area contributed by atoms with Crippen LogP contribution in [-0.2, 0) is 13.0 Å². The first-order chi connectivity index (χ1) is 9.66. The molecule has 0 amide bonds. The van der Waals surface area contributed by atoms with Gasteiger partial charge in [-0.25, -0.2) is 0 Å². The number of pyridine rings is 1. The Labute approximate surface area is 120 Å². The molecule has 102 valence electrons. The number of nitrogens with zero attached hydrogens (tertiary/aromatic N) is 2. The van der Waals surface area contributed by atoms with Gasteiger partial charge in [0.15, 0.2) is 0 Å². The maximum Gasteiger partial charge on any atom is 0.0485 e. The Kier molecular flexibility index (Phi) is 3.31. The van der Waals surface area contributed by atoms with Crippen LogP contribution in [0.4, 0.5) is 0 Å². The van der Waals surface area contributed by atoms with Crippen molar-refractivity contribution in [3.05, 3.63) is 65.1 Å². The van der Waals surface area contributed by atoms with Crippen LogP contribution in [0.3, 0.4) is 0 Å². The van der Waals surface area contributed by atoms with Crippen molar-refractivity contribution in [3.8, 4) is 0 Å². The molecule has 0 aliphatic carbocycles. The number of fused-ring (bicyclic) bond motifs is 1. The molecule has 2 heterocycles. The van der Waals surface area contributed by atoms with E-state index in [9.17, 15) is 0 Å². The molecule has 0 aliphatic rings. The summed E-state index contributed by atoms with van der Waals surface area (Å²) in [6, 6.07) is 12.9. The molecule has 0 unspecified atom stereocenters. The average molecular weight is 264 g/mol. The fraction of sp³-hybridized carbons (Fsp3) is 0.278. The lowest BCUT2D eigenvalue weighted by molar-refractivity contribution is 0.699. The molecule has 2 nitrogen and oxygen atoms in total. The zero-order valence-corrected chi connectivity index (χ0v) is 12.4. The highest BCUT2D eigenvalue weighted by Crippen LogP contribution is 2.25. The molecule has 0 atom stereocenters. The van der Waals surface area contributed by atoms with Gasteiger partial charge in [-0.15, -0.1) is 0 Å². The predicted octanol–water partition coefficient (Wildman–Crippen LogP) is 4.20. The Morgan fingerprint density at radius 2 is 1.80 bits per heavy atom. The summed E-state index contributed by atoms with van der Waals surface area (Å²) in [5.74, 6) is 0. The monoisotopic (exact) mass is 264 g/mol. The third-order valence-electron chi connectivity index (χ3n) is 4.14. The van der Waals surface area contributed by atoms with Gasteiger partial charge in [-0.2, -0.15) is 0 Å². The lowest BCUT2D eigenvalue weighted by Crippen LogP contribution is -2.03. The second-order valence-corrected chi connectivity index (χ2v) is 5.44. The molecule has 0 saturated heterocycles. The van der Waals surface area contributed by atoms with Crippen LogP contribution in [0.15, 0.2) is 42.6 Å². The summed E-state index contributed by atoms with van der Waals surface area (Å²) in [6.45, 7) is 7.45. The van der Waals surface area contributed by atoms with Crippen molar-refractivity contribution in [1.82, 2.24) is 9.55 Å². The summed E-state index contributed by atoms with van der Waals surface area (Å²) < 4.78 is 2.42. The summed E-state index contributed by atoms with van der Waals surface area (Å²) in [5, 5.41) is 1.37. The molecule has 0 spiro atoms. The second kappa shape index (κ2) is 5.12. The van der Waals surface area contributed by atoms with Gasteiger partial charge in [0.25, 0.3) is 0 Å². The fourth-order valence-electron chi connectivity index (χ4n) is 2.78. The van der Waals surface area contributed by atoms with Gasteiger partial charge in [-0.05, 0) is 50.5 Å². The molecule has 3 aromatic rings. The highest BCUT2D eigenvalue weighted by molar-refractivity contribution is 5.85. The highest BCUT2D eigenvalue weighted by atomic mass is 15.0. The summed E-state index contributed by atoms with van der Waals surface area (Å²) in [7, 11) is 0. The van der Waals surface area contributed by atoms with Gasteiger partial charge in [0.2, 0.25) is 0 Å². The van der Waals surface area contributed by atoms with Crippen molar-refractivity contribution in [2.24, 2.45) is 0 Å². The number of aromatic nitrogens is 2. The van der Waals surface area contributed by atoms with E-state index in [0.29, 0.717) is 0 Å². The van der Waals surface area contributed by atoms with E-state index in [2.05, 4.69) is 59.8 Å². The number of hydrogen-bond donors (Lipinski definition) is 0. The van der Waals surface area contributed by atoms with E-state index in [1.807, 2.05) is 13.1 Å². The molecule has 0 N–H and O–H groups in total. The van der Waals surface area contributed by atoms with Crippen LogP contribution in [0.1, 0.15) is 22.5 Å². The number of para-hydroxylation sites is 1. The van der Waals surface area contributed by atoms with Crippen molar-refractivity contribution >= 4 is 10.9 Å². The van der Waals surface area contributed by atoms with Crippen LogP contribution in [0.2, 0.25) is 0 Å². The SMILES string of the molecule is Cc1ccc(CCn2c(C)c(C)c3ccccc32)cn1. The van der Waals surface area contributed by atoms with Crippen LogP contribution in [-0.4, -0.2) is 9.55 Å². The quantitative estimate of drug-likeness (QED) is 0.693. The van der Waals surface area contributed by atoms with Crippen LogP contribution in [0.25, 0.3) is 10.9 Å². The molecule has 0 saturated carbocycles. The molecular weight excluding hydrogens is 244 g/mol. The third kappa shape index (κ3) is 2.22. The summed E-state index contributed by atoms with van der Waals surface area (Å²) in [5.41, 5.74) is 6.47. The predicted molar refractivity (Wildman–Crippen MR) is 84.1 cm³/mol. The molecule has 2 heteroatoms. The van der Waals surface area contributed by atoms with Crippen molar-refractivity contribution in [1.29, 1.82) is 0 Å². The van der Waals surface area contributed by atoms with Crippen molar-refractivity contribution in [2.45, 2.75) is 33.7 Å². The van der Waals surface area contributed by atoms with Crippen molar-refractivity contribution < 1.29 is 0 Å². The van der Waals surface area contributed by atoms with E-state index in [0.717, 1.165) is 18.7 Å². The molecule has 3 rings (SSSR count). The minimum absolute atomic E-state index is 1.00. The Morgan fingerprint density at radius 1 is 1.00 bits per heavy atom. The van der Waals surface area contributed by atoms with Crippen LogP contribution >= 0.6 is 0 Å². The lowest BCUT2D eigenvalue weighted by Gasteiger charge is -2.08. The topological polar surface area (TPSA) is 17.8 Å². The van der Waals surface area contributed by atoms with Crippen LogP contribution in [0.5, 0.6) is 0 Å². The molecule has 0 aliphatic heterocycles. The minimum Gasteiger partial charge on any atom is -0.344 e. The largest absolute Gasteiger partial charge is 0.344 e. The van der Waals surface area contributed by atoms with Crippen LogP contribution < -0.4 is 0 Å². The van der Waals surface area contributed by atoms with E-state index >= 15 is 0 Å². The van der Waals surface area contributed by atoms with E-state index < -0.39 is 0 Å². The Hall–Kier alpha value is -2.09. The molecule has 0 bridgehead atoms. The maximum absolute atomic E-state index is 4.37. The van der Waals surface area contributed by atoms with Gasteiger partial charge in [0.05, 0.1) is 0 Å². The normalized spacial score (nSPS) is 11.2. The minimum atomic E-state index is 1.00. The third-order valence-corrected chi connectivity index (χ3v) is 4.14. The zero-order chi connectivity index (χ0) is 14.1. The summed E-state index contributed by atoms with van der Waals surface area (Å²) in [4.78, 5) is 4.37. The van der Waals surface area contributed by atoms with Crippen molar-refractivity contribution in [3.63, 3.8) is 0 Å². The maximum atomic E-state index is 4.37. The number of hydrogen-bond acceptors (Lipinski definition) is 1. The highest BCUT2D eigenvalue weighted by Gasteiger charge is 2.09. The van der Waals surface area contributed by atoms with Gasteiger partial charge < -0.3 is 4.57 Å². The molecular formula is C18H20N2. The van der Waals surface area contributed by atoms with E-state index in [1.165, 1.54) is 27.7 Å². The zero-order valence-electron chi connectivity index (χ0n) is 12.4. The first-order valence-corrected chi connectivity index (χ1v) is 7.13. The van der Waals surface area contributed by atoms with Gasteiger partial charge in [0, 0.05) is 35.0 Å². The Bertz CT molecular complexity index is 736. The van der Waals surface area contributed by atoms with E-state index in [-0.39, 0.29) is 0 Å². The molecule has 0 fully saturated rings. The Balaban J connectivity index is 1.91. The van der Waals surface area contributed by atoms with Gasteiger partial charge in [0.1, 0.15) is 0 Å². The van der Waals surface area contributed by atoms with Gasteiger partial charge in [-0.1, -0.05) is 24.3 Å². The standard InChI is InChI=1S/C18H20N2/c1-13-8-9-16(12-19-13)10-11-20-15(3)14(2)17-6-4-5-7-18(17)20/h4-9,12H,10-11H2,1-3H3. The first kappa shape index (κ1) is 12.9. The number of aryl methyl sites for hydroxylation is 4. The van der Waals surface area contributed by atoms with Crippen molar-refractivity contribution in [2.75, 3.05) is 0 Å². The number of rotatable bonds is 3. The smallest absolute Gasteiger partial charge is 0.0485 e. The average Bonchev–Trinajstić information content (AvgIpc) is 2.71. The Morgan fingerprint density at radius 3 is 2.55 bits per heavy atom. The first-order valence-electron chi connectivity index (χ1n) is 7.13. The summed E-state index contributed by atoms with van der Waals surface area (Å²) >= 11 is 0. The van der Waals surface area contributed by atoms with Gasteiger partial charge >= 0.3 is 0 Å². The lowest BCUT2D eigenvalue weighted by atomic mass is 10.2. The van der Waals surface area contributed by atoms with E-state index in [1.54, 1.807) is 0 Å². The summed E-state index contributed by atoms with van der Waals surface area (Å²) in [6.07, 6.45) is 3.01. The fourth-order valence-corrected chi connectivity index (χ4v) is 2.78. The second-order valence-electron chi connectivity index (χ2n) is 5.44. The van der Waals surface area contributed by atoms with E-state index in [4.69, 9.17) is 0 Å². The molecule has 2 aromatic heterocycles.